The fraction of sp³-hybridized carbons (Fsp3) is 0.0741. The summed E-state index contributed by atoms with van der Waals surface area (Å²) in [6.45, 7) is -2.10. The Bertz CT molecular complexity index is 1080. The van der Waals surface area contributed by atoms with E-state index >= 15 is 0 Å². The van der Waals surface area contributed by atoms with E-state index in [2.05, 4.69) is 36.4 Å². The van der Waals surface area contributed by atoms with Crippen LogP contribution >= 0.6 is 18.4 Å². The van der Waals surface area contributed by atoms with E-state index in [1.807, 2.05) is 78.9 Å². The van der Waals surface area contributed by atoms with Crippen molar-refractivity contribution in [2.45, 2.75) is 6.92 Å². The molecule has 4 rings (SSSR count). The molecule has 0 bridgehead atoms. The van der Waals surface area contributed by atoms with E-state index in [4.69, 9.17) is 16.1 Å². The minimum atomic E-state index is -3.73. The molecule has 4 heteroatoms. The molecule has 0 radical (unpaired) electrons. The van der Waals surface area contributed by atoms with Crippen molar-refractivity contribution in [1.82, 2.24) is 0 Å². The molecular formula is C27H24ClO2P. The van der Waals surface area contributed by atoms with E-state index in [9.17, 15) is 4.79 Å². The number of carbonyl (C=O) groups is 1. The van der Waals surface area contributed by atoms with Gasteiger partial charge in [-0.1, -0.05) is 0 Å². The maximum atomic E-state index is 13.0. The Morgan fingerprint density at radius 1 is 0.710 bits per heavy atom. The number of carbonyl (C=O) groups excluding carboxylic acids is 1. The predicted octanol–water partition coefficient (Wildman–Crippen LogP) is 5.75. The van der Waals surface area contributed by atoms with Gasteiger partial charge in [0.2, 0.25) is 0 Å². The third-order valence-corrected chi connectivity index (χ3v) is 11.6. The van der Waals surface area contributed by atoms with Crippen molar-refractivity contribution >= 4 is 40.1 Å². The first-order chi connectivity index (χ1) is 15.0. The summed E-state index contributed by atoms with van der Waals surface area (Å²) in [6, 6.07) is 37.8. The fourth-order valence-corrected chi connectivity index (χ4v) is 10.2. The zero-order valence-electron chi connectivity index (χ0n) is 17.3. The molecule has 0 saturated heterocycles. The van der Waals surface area contributed by atoms with Gasteiger partial charge >= 0.3 is 189 Å². The van der Waals surface area contributed by atoms with Crippen LogP contribution in [0.15, 0.2) is 115 Å². The summed E-state index contributed by atoms with van der Waals surface area (Å²) in [4.78, 5) is 13.0. The average Bonchev–Trinajstić information content (AvgIpc) is 2.80. The normalized spacial score (nSPS) is 12.5. The van der Waals surface area contributed by atoms with Crippen molar-refractivity contribution < 1.29 is 9.32 Å². The first kappa shape index (κ1) is 21.3. The molecule has 156 valence electrons. The molecule has 4 aromatic carbocycles. The average molecular weight is 447 g/mol. The van der Waals surface area contributed by atoms with Crippen LogP contribution in [0.1, 0.15) is 6.92 Å². The third-order valence-electron chi connectivity index (χ3n) is 5.53. The molecule has 0 aliphatic heterocycles. The number of halogens is 1. The Hall–Kier alpha value is -2.93. The van der Waals surface area contributed by atoms with Gasteiger partial charge in [0.05, 0.1) is 0 Å². The van der Waals surface area contributed by atoms with Crippen molar-refractivity contribution in [2.75, 3.05) is 6.16 Å². The summed E-state index contributed by atoms with van der Waals surface area (Å²) in [5.41, 5.74) is 0. The quantitative estimate of drug-likeness (QED) is 0.338. The molecular weight excluding hydrogens is 423 g/mol. The number of ketones is 1. The van der Waals surface area contributed by atoms with Crippen molar-refractivity contribution in [1.29, 1.82) is 0 Å². The monoisotopic (exact) mass is 446 g/mol. The number of hydrogen-bond acceptors (Lipinski definition) is 2. The number of Topliss-reactive ketones (excluding diaryl/α,β-unsaturated/α-hetero) is 1. The number of benzene rings is 4. The van der Waals surface area contributed by atoms with Gasteiger partial charge < -0.3 is 0 Å². The van der Waals surface area contributed by atoms with Gasteiger partial charge in [0.25, 0.3) is 0 Å². The first-order valence-electron chi connectivity index (χ1n) is 10.2. The summed E-state index contributed by atoms with van der Waals surface area (Å²) >= 11 is 6.33. The van der Waals surface area contributed by atoms with Crippen LogP contribution in [-0.2, 0) is 4.79 Å². The molecule has 0 heterocycles. The third kappa shape index (κ3) is 3.78. The van der Waals surface area contributed by atoms with Crippen LogP contribution in [0.2, 0.25) is 5.02 Å². The summed E-state index contributed by atoms with van der Waals surface area (Å²) in [5, 5.41) is 3.59. The molecule has 0 atom stereocenters. The Morgan fingerprint density at radius 3 is 1.55 bits per heavy atom. The van der Waals surface area contributed by atoms with Crippen molar-refractivity contribution in [3.63, 3.8) is 0 Å². The molecule has 31 heavy (non-hydrogen) atoms. The second kappa shape index (κ2) is 8.67. The molecule has 0 N–H and O–H groups in total. The molecule has 4 aromatic rings. The second-order valence-corrected chi connectivity index (χ2v) is 12.5. The van der Waals surface area contributed by atoms with E-state index in [0.29, 0.717) is 10.8 Å². The van der Waals surface area contributed by atoms with Gasteiger partial charge in [-0.3, -0.25) is 0 Å². The Labute approximate surface area is 188 Å². The van der Waals surface area contributed by atoms with Crippen LogP contribution in [0.5, 0.6) is 5.75 Å². The van der Waals surface area contributed by atoms with Gasteiger partial charge in [-0.25, -0.2) is 0 Å². The molecule has 0 spiro atoms. The Kier molecular flexibility index (Phi) is 5.96. The van der Waals surface area contributed by atoms with Crippen molar-refractivity contribution in [2.24, 2.45) is 0 Å². The zero-order chi connectivity index (χ0) is 21.8. The SMILES string of the molecule is CC(=O)CP(Oc1cccc(Cl)c1)(c1ccccc1)(c1ccccc1)c1ccccc1. The Morgan fingerprint density at radius 2 is 1.16 bits per heavy atom. The molecule has 0 unspecified atom stereocenters. The van der Waals surface area contributed by atoms with Crippen LogP contribution in [0.4, 0.5) is 0 Å². The van der Waals surface area contributed by atoms with Crippen LogP contribution in [0.3, 0.4) is 0 Å². The van der Waals surface area contributed by atoms with E-state index in [1.165, 1.54) is 0 Å². The summed E-state index contributed by atoms with van der Waals surface area (Å²) < 4.78 is 7.16. The van der Waals surface area contributed by atoms with E-state index in [1.54, 1.807) is 6.92 Å². The van der Waals surface area contributed by atoms with Gasteiger partial charge in [0, 0.05) is 0 Å². The zero-order valence-corrected chi connectivity index (χ0v) is 19.0. The van der Waals surface area contributed by atoms with Crippen molar-refractivity contribution in [3.05, 3.63) is 120 Å². The van der Waals surface area contributed by atoms with Crippen LogP contribution in [-0.4, -0.2) is 11.9 Å². The van der Waals surface area contributed by atoms with E-state index < -0.39 is 6.83 Å². The van der Waals surface area contributed by atoms with Crippen LogP contribution in [0, 0.1) is 0 Å². The number of rotatable bonds is 7. The molecule has 0 saturated carbocycles. The molecule has 0 fully saturated rings. The minimum absolute atomic E-state index is 0.0660. The van der Waals surface area contributed by atoms with Gasteiger partial charge in [-0.2, -0.15) is 0 Å². The molecule has 0 aliphatic carbocycles. The Balaban J connectivity index is 2.19. The second-order valence-electron chi connectivity index (χ2n) is 7.63. The van der Waals surface area contributed by atoms with Gasteiger partial charge in [-0.15, -0.1) is 0 Å². The summed E-state index contributed by atoms with van der Waals surface area (Å²) in [5.74, 6) is 0.708. The fourth-order valence-electron chi connectivity index (χ4n) is 4.32. The summed E-state index contributed by atoms with van der Waals surface area (Å²) in [7, 11) is 0. The van der Waals surface area contributed by atoms with E-state index in [0.717, 1.165) is 15.9 Å². The van der Waals surface area contributed by atoms with Crippen LogP contribution < -0.4 is 20.4 Å². The van der Waals surface area contributed by atoms with Crippen LogP contribution in [0.25, 0.3) is 0 Å². The first-order valence-corrected chi connectivity index (χ1v) is 12.9. The molecule has 0 amide bonds. The van der Waals surface area contributed by atoms with Gasteiger partial charge in [-0.05, 0) is 0 Å². The molecule has 0 aromatic heterocycles. The van der Waals surface area contributed by atoms with Gasteiger partial charge in [0.15, 0.2) is 0 Å². The predicted molar refractivity (Wildman–Crippen MR) is 133 cm³/mol. The molecule has 0 aliphatic rings. The number of hydrogen-bond donors (Lipinski definition) is 0. The van der Waals surface area contributed by atoms with Crippen molar-refractivity contribution in [3.8, 4) is 5.75 Å². The molecule has 2 nitrogen and oxygen atoms in total. The van der Waals surface area contributed by atoms with E-state index in [-0.39, 0.29) is 11.9 Å². The van der Waals surface area contributed by atoms with Gasteiger partial charge in [0.1, 0.15) is 0 Å². The maximum absolute atomic E-state index is 13.0. The summed E-state index contributed by atoms with van der Waals surface area (Å²) in [6.07, 6.45) is 0.246. The standard InChI is InChI=1S/C27H24ClO2P/c1-22(29)21-31(25-14-5-2-6-15-25,26-16-7-3-8-17-26,27-18-9-4-10-19-27)30-24-13-11-12-23(28)20-24/h2-20H,21H2,1H3. The topological polar surface area (TPSA) is 26.3 Å².